The number of nitrogens with one attached hydrogen (secondary N) is 1. The van der Waals surface area contributed by atoms with E-state index in [1.54, 1.807) is 6.92 Å². The number of oxazole rings is 1. The average molecular weight is 411 g/mol. The van der Waals surface area contributed by atoms with Crippen LogP contribution in [0.3, 0.4) is 0 Å². The molecule has 0 spiro atoms. The molecule has 152 valence electrons. The molecule has 0 radical (unpaired) electrons. The Labute approximate surface area is 174 Å². The summed E-state index contributed by atoms with van der Waals surface area (Å²) in [6.07, 6.45) is 0.751. The average Bonchev–Trinajstić information content (AvgIpc) is 3.04. The highest BCUT2D eigenvalue weighted by molar-refractivity contribution is 7.84. The van der Waals surface area contributed by atoms with Crippen molar-refractivity contribution in [2.75, 3.05) is 12.3 Å². The summed E-state index contributed by atoms with van der Waals surface area (Å²) in [7, 11) is -1.34. The van der Waals surface area contributed by atoms with Crippen molar-refractivity contribution in [3.05, 3.63) is 76.7 Å². The van der Waals surface area contributed by atoms with Gasteiger partial charge in [0.05, 0.1) is 11.4 Å². The first-order valence-electron chi connectivity index (χ1n) is 9.61. The minimum atomic E-state index is -1.34. The van der Waals surface area contributed by atoms with E-state index < -0.39 is 10.8 Å². The van der Waals surface area contributed by atoms with Crippen LogP contribution in [-0.4, -0.2) is 27.4 Å². The van der Waals surface area contributed by atoms with Gasteiger partial charge in [-0.05, 0) is 44.9 Å². The molecule has 0 aliphatic carbocycles. The normalized spacial score (nSPS) is 12.0. The van der Waals surface area contributed by atoms with Crippen molar-refractivity contribution in [1.82, 2.24) is 10.3 Å². The predicted molar refractivity (Wildman–Crippen MR) is 116 cm³/mol. The number of carbonyl (C=O) groups excluding carboxylic acids is 1. The molecule has 3 aromatic rings. The zero-order chi connectivity index (χ0) is 20.8. The number of hydrogen-bond acceptors (Lipinski definition) is 4. The van der Waals surface area contributed by atoms with Crippen LogP contribution in [0.2, 0.25) is 0 Å². The molecule has 6 heteroatoms. The second-order valence-electron chi connectivity index (χ2n) is 7.20. The van der Waals surface area contributed by atoms with Crippen LogP contribution in [0.5, 0.6) is 0 Å². The Morgan fingerprint density at radius 3 is 2.28 bits per heavy atom. The maximum atomic E-state index is 12.4. The van der Waals surface area contributed by atoms with Crippen molar-refractivity contribution in [1.29, 1.82) is 0 Å². The molecule has 1 amide bonds. The third-order valence-corrected chi connectivity index (χ3v) is 5.82. The quantitative estimate of drug-likeness (QED) is 0.612. The van der Waals surface area contributed by atoms with E-state index in [-0.39, 0.29) is 17.4 Å². The molecule has 0 aliphatic rings. The fourth-order valence-corrected chi connectivity index (χ4v) is 3.95. The molecule has 1 N–H and O–H groups in total. The van der Waals surface area contributed by atoms with Crippen LogP contribution in [0.25, 0.3) is 11.5 Å². The number of nitrogens with zero attached hydrogens (tertiary/aromatic N) is 1. The summed E-state index contributed by atoms with van der Waals surface area (Å²) < 4.78 is 18.1. The largest absolute Gasteiger partial charge is 0.441 e. The van der Waals surface area contributed by atoms with Crippen LogP contribution < -0.4 is 5.32 Å². The lowest BCUT2D eigenvalue weighted by Crippen LogP contribution is -2.30. The van der Waals surface area contributed by atoms with Crippen molar-refractivity contribution < 1.29 is 13.4 Å². The third kappa shape index (κ3) is 6.12. The maximum Gasteiger partial charge on any atom is 0.232 e. The fourth-order valence-electron chi connectivity index (χ4n) is 2.88. The minimum Gasteiger partial charge on any atom is -0.441 e. The molecule has 0 fully saturated rings. The van der Waals surface area contributed by atoms with Crippen LogP contribution >= 0.6 is 0 Å². The summed E-state index contributed by atoms with van der Waals surface area (Å²) >= 11 is 0. The molecule has 0 saturated heterocycles. The number of rotatable bonds is 8. The molecule has 3 rings (SSSR count). The van der Waals surface area contributed by atoms with Crippen LogP contribution in [-0.2, 0) is 27.8 Å². The fraction of sp³-hybridized carbons (Fsp3) is 0.304. The topological polar surface area (TPSA) is 72.2 Å². The molecular weight excluding hydrogens is 384 g/mol. The SMILES string of the molecule is Cc1ccc(CCNC(=O)C[S@@](=O)Cc2nc(-c3ccc(C)cc3)oc2C)cc1. The van der Waals surface area contributed by atoms with E-state index >= 15 is 0 Å². The second-order valence-corrected chi connectivity index (χ2v) is 8.66. The standard InChI is InChI=1S/C23H26N2O3S/c1-16-4-8-19(9-5-16)12-13-24-22(26)15-29(27)14-21-18(3)28-23(25-21)20-10-6-17(2)7-11-20/h4-11H,12-15H2,1-3H3,(H,24,26)/t29-/m0/s1. The van der Waals surface area contributed by atoms with Crippen LogP contribution in [0, 0.1) is 20.8 Å². The van der Waals surface area contributed by atoms with E-state index in [1.165, 1.54) is 11.1 Å². The van der Waals surface area contributed by atoms with Gasteiger partial charge in [0, 0.05) is 22.9 Å². The molecule has 0 unspecified atom stereocenters. The van der Waals surface area contributed by atoms with E-state index in [0.29, 0.717) is 23.9 Å². The van der Waals surface area contributed by atoms with Gasteiger partial charge in [-0.15, -0.1) is 0 Å². The number of aromatic nitrogens is 1. The van der Waals surface area contributed by atoms with Gasteiger partial charge in [0.2, 0.25) is 11.8 Å². The molecule has 0 aliphatic heterocycles. The van der Waals surface area contributed by atoms with Gasteiger partial charge in [-0.1, -0.05) is 47.5 Å². The summed E-state index contributed by atoms with van der Waals surface area (Å²) in [5, 5.41) is 2.84. The van der Waals surface area contributed by atoms with Gasteiger partial charge in [-0.25, -0.2) is 4.98 Å². The van der Waals surface area contributed by atoms with Crippen molar-refractivity contribution in [3.8, 4) is 11.5 Å². The molecule has 1 heterocycles. The highest BCUT2D eigenvalue weighted by atomic mass is 32.2. The van der Waals surface area contributed by atoms with Crippen LogP contribution in [0.4, 0.5) is 0 Å². The summed E-state index contributed by atoms with van der Waals surface area (Å²) in [4.78, 5) is 16.6. The van der Waals surface area contributed by atoms with Crippen molar-refractivity contribution in [2.45, 2.75) is 32.9 Å². The lowest BCUT2D eigenvalue weighted by molar-refractivity contribution is -0.118. The molecular formula is C23H26N2O3S. The van der Waals surface area contributed by atoms with Crippen LogP contribution in [0.1, 0.15) is 28.1 Å². The number of carbonyl (C=O) groups is 1. The highest BCUT2D eigenvalue weighted by Crippen LogP contribution is 2.22. The predicted octanol–water partition coefficient (Wildman–Crippen LogP) is 3.87. The third-order valence-electron chi connectivity index (χ3n) is 4.64. The minimum absolute atomic E-state index is 0.0416. The zero-order valence-corrected chi connectivity index (χ0v) is 17.8. The van der Waals surface area contributed by atoms with Gasteiger partial charge < -0.3 is 9.73 Å². The first-order valence-corrected chi connectivity index (χ1v) is 11.1. The Kier molecular flexibility index (Phi) is 6.99. The molecule has 0 saturated carbocycles. The monoisotopic (exact) mass is 410 g/mol. The molecule has 2 aromatic carbocycles. The molecule has 1 aromatic heterocycles. The van der Waals surface area contributed by atoms with Gasteiger partial charge in [0.15, 0.2) is 0 Å². The summed E-state index contributed by atoms with van der Waals surface area (Å²) in [6.45, 7) is 6.39. The summed E-state index contributed by atoms with van der Waals surface area (Å²) in [5.41, 5.74) is 5.04. The number of amides is 1. The summed E-state index contributed by atoms with van der Waals surface area (Å²) in [5.74, 6) is 1.09. The van der Waals surface area contributed by atoms with E-state index in [0.717, 1.165) is 17.5 Å². The Bertz CT molecular complexity index is 992. The van der Waals surface area contributed by atoms with Gasteiger partial charge in [-0.2, -0.15) is 0 Å². The van der Waals surface area contributed by atoms with E-state index in [1.807, 2.05) is 38.1 Å². The number of aryl methyl sites for hydroxylation is 3. The lowest BCUT2D eigenvalue weighted by Gasteiger charge is -2.05. The van der Waals surface area contributed by atoms with E-state index in [9.17, 15) is 9.00 Å². The highest BCUT2D eigenvalue weighted by Gasteiger charge is 2.16. The number of hydrogen-bond donors (Lipinski definition) is 1. The van der Waals surface area contributed by atoms with Gasteiger partial charge >= 0.3 is 0 Å². The van der Waals surface area contributed by atoms with Crippen molar-refractivity contribution >= 4 is 16.7 Å². The maximum absolute atomic E-state index is 12.4. The first-order chi connectivity index (χ1) is 13.9. The van der Waals surface area contributed by atoms with Gasteiger partial charge in [-0.3, -0.25) is 9.00 Å². The number of benzene rings is 2. The molecule has 0 bridgehead atoms. The Morgan fingerprint density at radius 2 is 1.62 bits per heavy atom. The first kappa shape index (κ1) is 21.0. The van der Waals surface area contributed by atoms with Gasteiger partial charge in [0.1, 0.15) is 11.5 Å². The van der Waals surface area contributed by atoms with E-state index in [4.69, 9.17) is 4.42 Å². The Balaban J connectivity index is 1.49. The zero-order valence-electron chi connectivity index (χ0n) is 17.0. The molecule has 5 nitrogen and oxygen atoms in total. The second kappa shape index (κ2) is 9.65. The molecule has 1 atom stereocenters. The van der Waals surface area contributed by atoms with Crippen molar-refractivity contribution in [2.24, 2.45) is 0 Å². The Morgan fingerprint density at radius 1 is 1.00 bits per heavy atom. The van der Waals surface area contributed by atoms with Gasteiger partial charge in [0.25, 0.3) is 0 Å². The van der Waals surface area contributed by atoms with Crippen molar-refractivity contribution in [3.63, 3.8) is 0 Å². The smallest absolute Gasteiger partial charge is 0.232 e. The molecule has 29 heavy (non-hydrogen) atoms. The van der Waals surface area contributed by atoms with E-state index in [2.05, 4.69) is 34.6 Å². The lowest BCUT2D eigenvalue weighted by atomic mass is 10.1. The Hall–Kier alpha value is -2.73. The van der Waals surface area contributed by atoms with Crippen LogP contribution in [0.15, 0.2) is 52.9 Å². The summed E-state index contributed by atoms with van der Waals surface area (Å²) in [6, 6.07) is 16.1.